The van der Waals surface area contributed by atoms with Gasteiger partial charge in [0.05, 0.1) is 10.6 Å². The van der Waals surface area contributed by atoms with Crippen molar-refractivity contribution in [3.63, 3.8) is 0 Å². The second-order valence-corrected chi connectivity index (χ2v) is 5.64. The molecule has 1 fully saturated rings. The lowest BCUT2D eigenvalue weighted by Gasteiger charge is -2.35. The molecule has 0 aromatic carbocycles. The molecule has 0 radical (unpaired) electrons. The molecule has 16 heavy (non-hydrogen) atoms. The minimum absolute atomic E-state index is 0.428. The molecule has 0 amide bonds. The summed E-state index contributed by atoms with van der Waals surface area (Å²) in [5, 5.41) is 3.40. The molecule has 1 aromatic rings. The standard InChI is InChI=1S/C11H14Br2N2O/c1-2-16-9-4-8(5-9)15-11-10(13)3-7(12)6-14-11/h3,6,8-9H,2,4-5H2,1H3,(H,14,15). The summed E-state index contributed by atoms with van der Waals surface area (Å²) >= 11 is 6.87. The third kappa shape index (κ3) is 2.96. The minimum Gasteiger partial charge on any atom is -0.378 e. The van der Waals surface area contributed by atoms with Crippen molar-refractivity contribution in [1.29, 1.82) is 0 Å². The van der Waals surface area contributed by atoms with Gasteiger partial charge in [0.1, 0.15) is 5.82 Å². The summed E-state index contributed by atoms with van der Waals surface area (Å²) in [6.45, 7) is 2.84. The van der Waals surface area contributed by atoms with Gasteiger partial charge in [0.25, 0.3) is 0 Å². The van der Waals surface area contributed by atoms with Crippen LogP contribution in [0.3, 0.4) is 0 Å². The third-order valence-corrected chi connectivity index (χ3v) is 3.68. The Kier molecular flexibility index (Phi) is 4.21. The zero-order valence-corrected chi connectivity index (χ0v) is 12.2. The fourth-order valence-corrected chi connectivity index (χ4v) is 2.87. The Morgan fingerprint density at radius 1 is 1.50 bits per heavy atom. The number of ether oxygens (including phenoxy) is 1. The molecule has 1 aliphatic rings. The summed E-state index contributed by atoms with van der Waals surface area (Å²) in [7, 11) is 0. The second kappa shape index (κ2) is 5.47. The molecule has 1 aliphatic carbocycles. The van der Waals surface area contributed by atoms with Crippen LogP contribution in [0.15, 0.2) is 21.2 Å². The van der Waals surface area contributed by atoms with E-state index in [1.54, 1.807) is 6.20 Å². The molecule has 0 bridgehead atoms. The highest BCUT2D eigenvalue weighted by Crippen LogP contribution is 2.30. The molecule has 2 rings (SSSR count). The van der Waals surface area contributed by atoms with Gasteiger partial charge in [0, 0.05) is 23.3 Å². The largest absolute Gasteiger partial charge is 0.378 e. The highest BCUT2D eigenvalue weighted by atomic mass is 79.9. The fraction of sp³-hybridized carbons (Fsp3) is 0.545. The summed E-state index contributed by atoms with van der Waals surface area (Å²) in [5.41, 5.74) is 0. The number of halogens is 2. The number of aromatic nitrogens is 1. The van der Waals surface area contributed by atoms with Crippen LogP contribution in [0.4, 0.5) is 5.82 Å². The maximum Gasteiger partial charge on any atom is 0.140 e. The monoisotopic (exact) mass is 348 g/mol. The minimum atomic E-state index is 0.428. The van der Waals surface area contributed by atoms with E-state index >= 15 is 0 Å². The van der Waals surface area contributed by atoms with Crippen LogP contribution in [0.25, 0.3) is 0 Å². The number of hydrogen-bond donors (Lipinski definition) is 1. The van der Waals surface area contributed by atoms with Crippen LogP contribution in [-0.4, -0.2) is 23.7 Å². The molecular weight excluding hydrogens is 336 g/mol. The molecule has 0 spiro atoms. The van der Waals surface area contributed by atoms with E-state index in [1.807, 2.05) is 13.0 Å². The Labute approximate surface area is 112 Å². The van der Waals surface area contributed by atoms with Crippen molar-refractivity contribution in [2.24, 2.45) is 0 Å². The lowest BCUT2D eigenvalue weighted by atomic mass is 9.89. The average molecular weight is 350 g/mol. The van der Waals surface area contributed by atoms with E-state index in [2.05, 4.69) is 42.2 Å². The van der Waals surface area contributed by atoms with Gasteiger partial charge in [-0.05, 0) is 57.7 Å². The average Bonchev–Trinajstić information content (AvgIpc) is 2.18. The number of pyridine rings is 1. The van der Waals surface area contributed by atoms with Gasteiger partial charge in [-0.3, -0.25) is 0 Å². The SMILES string of the molecule is CCOC1CC(Nc2ncc(Br)cc2Br)C1. The van der Waals surface area contributed by atoms with Crippen LogP contribution in [0, 0.1) is 0 Å². The van der Waals surface area contributed by atoms with Crippen LogP contribution >= 0.6 is 31.9 Å². The normalized spacial score (nSPS) is 23.9. The van der Waals surface area contributed by atoms with E-state index in [0.29, 0.717) is 12.1 Å². The van der Waals surface area contributed by atoms with Crippen LogP contribution in [-0.2, 0) is 4.74 Å². The Balaban J connectivity index is 1.87. The molecular formula is C11H14Br2N2O. The van der Waals surface area contributed by atoms with Crippen molar-refractivity contribution in [1.82, 2.24) is 4.98 Å². The molecule has 1 aromatic heterocycles. The molecule has 0 unspecified atom stereocenters. The molecule has 0 saturated heterocycles. The zero-order chi connectivity index (χ0) is 11.5. The number of rotatable bonds is 4. The molecule has 1 N–H and O–H groups in total. The highest BCUT2D eigenvalue weighted by molar-refractivity contribution is 9.11. The predicted octanol–water partition coefficient (Wildman–Crippen LogP) is 3.59. The van der Waals surface area contributed by atoms with E-state index in [1.165, 1.54) is 0 Å². The van der Waals surface area contributed by atoms with Gasteiger partial charge in [-0.1, -0.05) is 0 Å². The van der Waals surface area contributed by atoms with Crippen molar-refractivity contribution in [3.05, 3.63) is 21.2 Å². The first kappa shape index (κ1) is 12.3. The summed E-state index contributed by atoms with van der Waals surface area (Å²) in [6, 6.07) is 2.48. The van der Waals surface area contributed by atoms with Crippen LogP contribution < -0.4 is 5.32 Å². The Morgan fingerprint density at radius 3 is 2.88 bits per heavy atom. The first-order valence-corrected chi connectivity index (χ1v) is 6.96. The molecule has 1 heterocycles. The van der Waals surface area contributed by atoms with Crippen molar-refractivity contribution in [3.8, 4) is 0 Å². The van der Waals surface area contributed by atoms with Crippen LogP contribution in [0.1, 0.15) is 19.8 Å². The van der Waals surface area contributed by atoms with Crippen molar-refractivity contribution in [2.45, 2.75) is 31.9 Å². The second-order valence-electron chi connectivity index (χ2n) is 3.87. The van der Waals surface area contributed by atoms with E-state index in [4.69, 9.17) is 4.74 Å². The zero-order valence-electron chi connectivity index (χ0n) is 9.04. The predicted molar refractivity (Wildman–Crippen MR) is 71.7 cm³/mol. The molecule has 3 nitrogen and oxygen atoms in total. The topological polar surface area (TPSA) is 34.1 Å². The first-order chi connectivity index (χ1) is 7.69. The van der Waals surface area contributed by atoms with E-state index in [-0.39, 0.29) is 0 Å². The van der Waals surface area contributed by atoms with E-state index < -0.39 is 0 Å². The quantitative estimate of drug-likeness (QED) is 0.901. The van der Waals surface area contributed by atoms with Crippen molar-refractivity contribution >= 4 is 37.7 Å². The maximum atomic E-state index is 5.52. The van der Waals surface area contributed by atoms with Gasteiger partial charge >= 0.3 is 0 Å². The number of nitrogens with zero attached hydrogens (tertiary/aromatic N) is 1. The Hall–Kier alpha value is -0.130. The molecule has 0 atom stereocenters. The first-order valence-electron chi connectivity index (χ1n) is 5.38. The van der Waals surface area contributed by atoms with Gasteiger partial charge in [-0.15, -0.1) is 0 Å². The van der Waals surface area contributed by atoms with Gasteiger partial charge in [0.2, 0.25) is 0 Å². The lowest BCUT2D eigenvalue weighted by Crippen LogP contribution is -2.41. The van der Waals surface area contributed by atoms with Crippen LogP contribution in [0.5, 0.6) is 0 Å². The Morgan fingerprint density at radius 2 is 2.25 bits per heavy atom. The molecule has 88 valence electrons. The Bertz CT molecular complexity index is 367. The van der Waals surface area contributed by atoms with Crippen molar-refractivity contribution in [2.75, 3.05) is 11.9 Å². The van der Waals surface area contributed by atoms with Crippen LogP contribution in [0.2, 0.25) is 0 Å². The van der Waals surface area contributed by atoms with Gasteiger partial charge in [0.15, 0.2) is 0 Å². The summed E-state index contributed by atoms with van der Waals surface area (Å²) < 4.78 is 7.48. The van der Waals surface area contributed by atoms with Gasteiger partial charge < -0.3 is 10.1 Å². The maximum absolute atomic E-state index is 5.52. The molecule has 0 aliphatic heterocycles. The number of hydrogen-bond acceptors (Lipinski definition) is 3. The third-order valence-electron chi connectivity index (χ3n) is 2.65. The van der Waals surface area contributed by atoms with E-state index in [9.17, 15) is 0 Å². The molecule has 1 saturated carbocycles. The number of anilines is 1. The summed E-state index contributed by atoms with van der Waals surface area (Å²) in [5.74, 6) is 0.906. The molecule has 5 heteroatoms. The number of nitrogens with one attached hydrogen (secondary N) is 1. The smallest absolute Gasteiger partial charge is 0.140 e. The van der Waals surface area contributed by atoms with E-state index in [0.717, 1.165) is 34.2 Å². The summed E-state index contributed by atoms with van der Waals surface area (Å²) in [4.78, 5) is 4.32. The van der Waals surface area contributed by atoms with Gasteiger partial charge in [-0.2, -0.15) is 0 Å². The van der Waals surface area contributed by atoms with Crippen molar-refractivity contribution < 1.29 is 4.74 Å². The lowest BCUT2D eigenvalue weighted by molar-refractivity contribution is 0.00291. The summed E-state index contributed by atoms with van der Waals surface area (Å²) in [6.07, 6.45) is 4.36. The van der Waals surface area contributed by atoms with Gasteiger partial charge in [-0.25, -0.2) is 4.98 Å². The highest BCUT2D eigenvalue weighted by Gasteiger charge is 2.29. The fourth-order valence-electron chi connectivity index (χ4n) is 1.77.